The van der Waals surface area contributed by atoms with E-state index in [1.807, 2.05) is 25.7 Å². The van der Waals surface area contributed by atoms with Gasteiger partial charge in [0.25, 0.3) is 35.4 Å². The maximum absolute atomic E-state index is 11.6. The molecule has 0 radical (unpaired) electrons. The van der Waals surface area contributed by atoms with Gasteiger partial charge >= 0.3 is 29.6 Å². The minimum atomic E-state index is -0.298. The van der Waals surface area contributed by atoms with E-state index < -0.39 is 0 Å². The molecule has 0 aromatic heterocycles. The molecule has 0 fully saturated rings. The minimum absolute atomic E-state index is 0. The van der Waals surface area contributed by atoms with Gasteiger partial charge in [-0.25, -0.2) is 11.5 Å². The van der Waals surface area contributed by atoms with E-state index in [-0.39, 0.29) is 70.9 Å². The largest absolute Gasteiger partial charge is 1.00 e. The van der Waals surface area contributed by atoms with Gasteiger partial charge in [-0.05, 0) is 32.4 Å². The van der Waals surface area contributed by atoms with Gasteiger partial charge in [0.05, 0.1) is 5.69 Å². The van der Waals surface area contributed by atoms with Gasteiger partial charge in [-0.3, -0.25) is 38.6 Å². The summed E-state index contributed by atoms with van der Waals surface area (Å²) in [6.07, 6.45) is 8.68. The topological polar surface area (TPSA) is 121 Å². The van der Waals surface area contributed by atoms with Crippen molar-refractivity contribution in [2.75, 3.05) is 24.6 Å². The number of carbonyl (C=O) groups is 6. The van der Waals surface area contributed by atoms with E-state index in [1.165, 1.54) is 46.3 Å². The molecule has 1 atom stereocenters. The van der Waals surface area contributed by atoms with Crippen LogP contribution in [0, 0.1) is 6.61 Å². The Morgan fingerprint density at radius 1 is 0.667 bits per heavy atom. The monoisotopic (exact) mass is 545 g/mol. The molecule has 1 unspecified atom stereocenters. The van der Waals surface area contributed by atoms with Crippen molar-refractivity contribution in [3.05, 3.63) is 72.9 Å². The molecule has 202 valence electrons. The molecule has 0 bridgehead atoms. The maximum Gasteiger partial charge on any atom is 1.00 e. The van der Waals surface area contributed by atoms with Gasteiger partial charge in [0.2, 0.25) is 0 Å². The Balaban J connectivity index is 0.000000333. The molecule has 0 N–H and O–H groups in total. The molecule has 3 aliphatic heterocycles. The summed E-state index contributed by atoms with van der Waals surface area (Å²) in [4.78, 5) is 69.2. The van der Waals surface area contributed by atoms with E-state index in [4.69, 9.17) is 4.74 Å². The van der Waals surface area contributed by atoms with Gasteiger partial charge < -0.3 is 4.74 Å². The number of hydrogen-bond acceptors (Lipinski definition) is 7. The molecule has 1 aromatic carbocycles. The van der Waals surface area contributed by atoms with E-state index in [0.717, 1.165) is 16.9 Å². The first-order valence-electron chi connectivity index (χ1n) is 12.3. The summed E-state index contributed by atoms with van der Waals surface area (Å²) in [5, 5.41) is 0. The fourth-order valence-electron chi connectivity index (χ4n) is 3.48. The van der Waals surface area contributed by atoms with Crippen molar-refractivity contribution in [2.24, 2.45) is 0 Å². The summed E-state index contributed by atoms with van der Waals surface area (Å²) in [6, 6.07) is 7.37. The molecule has 10 nitrogen and oxygen atoms in total. The Bertz CT molecular complexity index is 1060. The zero-order valence-electron chi connectivity index (χ0n) is 23.0. The summed E-state index contributed by atoms with van der Waals surface area (Å²) >= 11 is 0. The molecule has 0 aliphatic carbocycles. The molecule has 0 spiro atoms. The van der Waals surface area contributed by atoms with Gasteiger partial charge in [-0.15, -0.1) is 5.92 Å². The molecule has 3 heterocycles. The third kappa shape index (κ3) is 9.50. The van der Waals surface area contributed by atoms with Crippen LogP contribution in [0.2, 0.25) is 0 Å². The van der Waals surface area contributed by atoms with Crippen LogP contribution in [-0.4, -0.2) is 64.9 Å². The van der Waals surface area contributed by atoms with Crippen LogP contribution in [0.3, 0.4) is 0 Å². The SMILES string of the molecule is CCCO[CH-]C(C)c1ccc(N2C(=O)C=CC2=O)cc1.CCN1C(=O)C=CC1=O.CCN1C(=O)C=CC1=O.[Na+]. The Labute approximate surface area is 250 Å². The molecular weight excluding hydrogens is 513 g/mol. The van der Waals surface area contributed by atoms with E-state index in [9.17, 15) is 28.8 Å². The zero-order valence-corrected chi connectivity index (χ0v) is 25.0. The predicted molar refractivity (Wildman–Crippen MR) is 140 cm³/mol. The number of anilines is 1. The van der Waals surface area contributed by atoms with E-state index >= 15 is 0 Å². The van der Waals surface area contributed by atoms with Gasteiger partial charge in [0.1, 0.15) is 0 Å². The second-order valence-electron chi connectivity index (χ2n) is 8.24. The van der Waals surface area contributed by atoms with Crippen molar-refractivity contribution in [1.29, 1.82) is 0 Å². The summed E-state index contributed by atoms with van der Waals surface area (Å²) in [5.41, 5.74) is 1.67. The van der Waals surface area contributed by atoms with Crippen molar-refractivity contribution < 1.29 is 63.1 Å². The first-order chi connectivity index (χ1) is 18.1. The maximum atomic E-state index is 11.6. The Hall–Kier alpha value is -3.18. The number of likely N-dealkylation sites (N-methyl/N-ethyl adjacent to an activating group) is 2. The number of ether oxygens (including phenoxy) is 1. The van der Waals surface area contributed by atoms with Crippen molar-refractivity contribution in [3.8, 4) is 0 Å². The van der Waals surface area contributed by atoms with Gasteiger partial charge in [-0.2, -0.15) is 0 Å². The second kappa shape index (κ2) is 16.7. The van der Waals surface area contributed by atoms with Crippen molar-refractivity contribution in [1.82, 2.24) is 9.80 Å². The van der Waals surface area contributed by atoms with Gasteiger partial charge in [0.15, 0.2) is 0 Å². The van der Waals surface area contributed by atoms with Crippen LogP contribution in [0.15, 0.2) is 60.7 Å². The number of imide groups is 3. The van der Waals surface area contributed by atoms with Crippen LogP contribution < -0.4 is 34.5 Å². The third-order valence-electron chi connectivity index (χ3n) is 5.54. The number of hydrogen-bond donors (Lipinski definition) is 0. The van der Waals surface area contributed by atoms with Crippen molar-refractivity contribution in [3.63, 3.8) is 0 Å². The first kappa shape index (κ1) is 33.8. The number of benzene rings is 1. The van der Waals surface area contributed by atoms with Gasteiger partial charge in [0, 0.05) is 56.2 Å². The average molecular weight is 546 g/mol. The number of rotatable bonds is 8. The molecule has 1 aromatic rings. The molecule has 6 amide bonds. The van der Waals surface area contributed by atoms with Crippen LogP contribution >= 0.6 is 0 Å². The fraction of sp³-hybridized carbons (Fsp3) is 0.321. The Morgan fingerprint density at radius 2 is 1.05 bits per heavy atom. The standard InChI is InChI=1S/C16H18NO3.2C6H7NO2.Na/c1-3-10-20-11-12(2)13-4-6-14(7-5-13)17-15(18)8-9-16(17)19;2*1-2-7-5(8)3-4-6(7)9;/h4-9,11-12H,3,10H2,1-2H3;2*3-4H,2H2,1H3;/q-1;;;+1. The molecule has 3 aliphatic rings. The minimum Gasteiger partial charge on any atom is -0.551 e. The number of amides is 6. The molecule has 39 heavy (non-hydrogen) atoms. The third-order valence-corrected chi connectivity index (χ3v) is 5.54. The van der Waals surface area contributed by atoms with Gasteiger partial charge in [-0.1, -0.05) is 31.5 Å². The number of carbonyl (C=O) groups excluding carboxylic acids is 6. The predicted octanol–water partition coefficient (Wildman–Crippen LogP) is -0.326. The van der Waals surface area contributed by atoms with Crippen molar-refractivity contribution in [2.45, 2.75) is 40.0 Å². The van der Waals surface area contributed by atoms with Crippen LogP contribution in [0.4, 0.5) is 5.69 Å². The summed E-state index contributed by atoms with van der Waals surface area (Å²) in [6.45, 7) is 11.1. The normalized spacial score (nSPS) is 16.4. The van der Waals surface area contributed by atoms with Crippen LogP contribution in [0.5, 0.6) is 0 Å². The molecular formula is C28H32N3NaO7. The Kier molecular flexibility index (Phi) is 14.5. The molecule has 4 rings (SSSR count). The van der Waals surface area contributed by atoms with E-state index in [2.05, 4.69) is 6.92 Å². The quantitative estimate of drug-likeness (QED) is 0.190. The molecule has 11 heteroatoms. The average Bonchev–Trinajstić information content (AvgIpc) is 3.54. The smallest absolute Gasteiger partial charge is 0.551 e. The van der Waals surface area contributed by atoms with E-state index in [1.54, 1.807) is 26.0 Å². The zero-order chi connectivity index (χ0) is 28.2. The molecule has 0 saturated carbocycles. The fourth-order valence-corrected chi connectivity index (χ4v) is 3.48. The summed E-state index contributed by atoms with van der Waals surface area (Å²) in [5.74, 6) is -1.25. The van der Waals surface area contributed by atoms with E-state index in [0.29, 0.717) is 25.4 Å². The molecule has 0 saturated heterocycles. The Morgan fingerprint density at radius 3 is 1.38 bits per heavy atom. The summed E-state index contributed by atoms with van der Waals surface area (Å²) in [7, 11) is 0. The van der Waals surface area contributed by atoms with Crippen LogP contribution in [0.25, 0.3) is 0 Å². The van der Waals surface area contributed by atoms with Crippen molar-refractivity contribution >= 4 is 41.1 Å². The van der Waals surface area contributed by atoms with Crippen LogP contribution in [0.1, 0.15) is 45.6 Å². The second-order valence-corrected chi connectivity index (χ2v) is 8.24. The van der Waals surface area contributed by atoms with Crippen LogP contribution in [-0.2, 0) is 33.5 Å². The summed E-state index contributed by atoms with van der Waals surface area (Å²) < 4.78 is 5.41. The first-order valence-corrected chi connectivity index (χ1v) is 12.3. The number of nitrogens with zero attached hydrogens (tertiary/aromatic N) is 3.